The van der Waals surface area contributed by atoms with Gasteiger partial charge in [-0.1, -0.05) is 6.92 Å². The summed E-state index contributed by atoms with van der Waals surface area (Å²) >= 11 is 0. The van der Waals surface area contributed by atoms with E-state index in [4.69, 9.17) is 5.73 Å². The van der Waals surface area contributed by atoms with Crippen molar-refractivity contribution in [2.24, 2.45) is 0 Å². The highest BCUT2D eigenvalue weighted by Crippen LogP contribution is 2.19. The van der Waals surface area contributed by atoms with E-state index < -0.39 is 5.97 Å². The van der Waals surface area contributed by atoms with Crippen LogP contribution in [0, 0.1) is 0 Å². The Labute approximate surface area is 112 Å². The lowest BCUT2D eigenvalue weighted by molar-refractivity contribution is -0.119. The quantitative estimate of drug-likeness (QED) is 0.527. The average Bonchev–Trinajstić information content (AvgIpc) is 2.42. The predicted molar refractivity (Wildman–Crippen MR) is 74.0 cm³/mol. The van der Waals surface area contributed by atoms with Crippen LogP contribution in [0.5, 0.6) is 0 Å². The number of rotatable bonds is 6. The van der Waals surface area contributed by atoms with Crippen LogP contribution in [0.4, 0.5) is 11.4 Å². The zero-order valence-electron chi connectivity index (χ0n) is 11.2. The van der Waals surface area contributed by atoms with Gasteiger partial charge in [-0.3, -0.25) is 4.79 Å². The first-order chi connectivity index (χ1) is 9.08. The van der Waals surface area contributed by atoms with Gasteiger partial charge >= 0.3 is 5.97 Å². The number of carbonyl (C=O) groups excluding carboxylic acids is 2. The summed E-state index contributed by atoms with van der Waals surface area (Å²) in [5.74, 6) is -0.627. The molecule has 0 bridgehead atoms. The van der Waals surface area contributed by atoms with Crippen LogP contribution in [-0.2, 0) is 9.53 Å². The van der Waals surface area contributed by atoms with Crippen molar-refractivity contribution in [3.8, 4) is 0 Å². The van der Waals surface area contributed by atoms with Crippen molar-refractivity contribution in [3.63, 3.8) is 0 Å². The fourth-order valence-electron chi connectivity index (χ4n) is 1.50. The second kappa shape index (κ2) is 7.25. The summed E-state index contributed by atoms with van der Waals surface area (Å²) in [5.41, 5.74) is 6.92. The van der Waals surface area contributed by atoms with E-state index >= 15 is 0 Å². The minimum Gasteiger partial charge on any atom is -0.465 e. The Morgan fingerprint density at radius 3 is 2.74 bits per heavy atom. The smallest absolute Gasteiger partial charge is 0.340 e. The number of benzene rings is 1. The highest BCUT2D eigenvalue weighted by Gasteiger charge is 2.12. The van der Waals surface area contributed by atoms with E-state index in [0.717, 1.165) is 6.42 Å². The summed E-state index contributed by atoms with van der Waals surface area (Å²) in [6, 6.07) is 4.81. The molecule has 1 aromatic rings. The van der Waals surface area contributed by atoms with E-state index in [9.17, 15) is 9.59 Å². The largest absolute Gasteiger partial charge is 0.465 e. The summed E-state index contributed by atoms with van der Waals surface area (Å²) in [6.45, 7) is 2.70. The third-order valence-electron chi connectivity index (χ3n) is 2.46. The normalized spacial score (nSPS) is 9.79. The number of nitrogen functional groups attached to an aromatic ring is 1. The molecular formula is C13H19N3O3. The molecular weight excluding hydrogens is 246 g/mol. The average molecular weight is 265 g/mol. The maximum absolute atomic E-state index is 11.6. The number of hydrogen-bond donors (Lipinski definition) is 3. The van der Waals surface area contributed by atoms with Gasteiger partial charge in [0.2, 0.25) is 5.91 Å². The van der Waals surface area contributed by atoms with Crippen LogP contribution >= 0.6 is 0 Å². The maximum Gasteiger partial charge on any atom is 0.340 e. The molecule has 0 saturated carbocycles. The van der Waals surface area contributed by atoms with Crippen molar-refractivity contribution in [1.82, 2.24) is 5.32 Å². The standard InChI is InChI=1S/C13H19N3O3/c1-3-6-15-12(17)8-16-11-5-4-9(14)7-10(11)13(18)19-2/h4-5,7,16H,3,6,8,14H2,1-2H3,(H,15,17). The van der Waals surface area contributed by atoms with Crippen LogP contribution in [0.1, 0.15) is 23.7 Å². The zero-order valence-corrected chi connectivity index (χ0v) is 11.2. The highest BCUT2D eigenvalue weighted by molar-refractivity contribution is 5.97. The lowest BCUT2D eigenvalue weighted by Gasteiger charge is -2.11. The first-order valence-corrected chi connectivity index (χ1v) is 6.07. The molecule has 1 rings (SSSR count). The maximum atomic E-state index is 11.6. The SMILES string of the molecule is CCCNC(=O)CNc1ccc(N)cc1C(=O)OC. The lowest BCUT2D eigenvalue weighted by Crippen LogP contribution is -2.30. The third kappa shape index (κ3) is 4.50. The number of amides is 1. The molecule has 0 aliphatic heterocycles. The summed E-state index contributed by atoms with van der Waals surface area (Å²) in [6.07, 6.45) is 0.876. The van der Waals surface area contributed by atoms with Crippen molar-refractivity contribution < 1.29 is 14.3 Å². The predicted octanol–water partition coefficient (Wildman–Crippen LogP) is 0.993. The molecule has 0 radical (unpaired) electrons. The topological polar surface area (TPSA) is 93.5 Å². The van der Waals surface area contributed by atoms with Gasteiger partial charge in [0.1, 0.15) is 0 Å². The highest BCUT2D eigenvalue weighted by atomic mass is 16.5. The van der Waals surface area contributed by atoms with Gasteiger partial charge < -0.3 is 21.1 Å². The Kier molecular flexibility index (Phi) is 5.66. The number of ether oxygens (including phenoxy) is 1. The van der Waals surface area contributed by atoms with Gasteiger partial charge in [-0.2, -0.15) is 0 Å². The molecule has 6 heteroatoms. The second-order valence-electron chi connectivity index (χ2n) is 4.00. The van der Waals surface area contributed by atoms with Crippen LogP contribution in [0.25, 0.3) is 0 Å². The number of nitrogens with one attached hydrogen (secondary N) is 2. The zero-order chi connectivity index (χ0) is 14.3. The minimum atomic E-state index is -0.497. The Bertz CT molecular complexity index is 460. The van der Waals surface area contributed by atoms with Gasteiger partial charge in [-0.05, 0) is 24.6 Å². The molecule has 0 saturated heterocycles. The minimum absolute atomic E-state index is 0.0912. The molecule has 0 unspecified atom stereocenters. The third-order valence-corrected chi connectivity index (χ3v) is 2.46. The second-order valence-corrected chi connectivity index (χ2v) is 4.00. The van der Waals surface area contributed by atoms with E-state index in [2.05, 4.69) is 15.4 Å². The molecule has 19 heavy (non-hydrogen) atoms. The summed E-state index contributed by atoms with van der Waals surface area (Å²) in [5, 5.41) is 5.63. The fraction of sp³-hybridized carbons (Fsp3) is 0.385. The van der Waals surface area contributed by atoms with Crippen LogP contribution in [0.2, 0.25) is 0 Å². The van der Waals surface area contributed by atoms with Crippen molar-refractivity contribution >= 4 is 23.3 Å². The van der Waals surface area contributed by atoms with Crippen LogP contribution in [0.3, 0.4) is 0 Å². The van der Waals surface area contributed by atoms with E-state index in [1.165, 1.54) is 13.2 Å². The van der Waals surface area contributed by atoms with Crippen molar-refractivity contribution in [2.45, 2.75) is 13.3 Å². The van der Waals surface area contributed by atoms with Crippen molar-refractivity contribution in [3.05, 3.63) is 23.8 Å². The molecule has 0 aliphatic rings. The first-order valence-electron chi connectivity index (χ1n) is 6.07. The number of anilines is 2. The van der Waals surface area contributed by atoms with Gasteiger partial charge in [0.15, 0.2) is 0 Å². The molecule has 0 atom stereocenters. The Morgan fingerprint density at radius 2 is 2.11 bits per heavy atom. The molecule has 0 fully saturated rings. The van der Waals surface area contributed by atoms with E-state index in [1.807, 2.05) is 6.92 Å². The van der Waals surface area contributed by atoms with Gasteiger partial charge in [-0.25, -0.2) is 4.79 Å². The van der Waals surface area contributed by atoms with Crippen LogP contribution < -0.4 is 16.4 Å². The number of esters is 1. The van der Waals surface area contributed by atoms with Crippen molar-refractivity contribution in [1.29, 1.82) is 0 Å². The molecule has 0 heterocycles. The van der Waals surface area contributed by atoms with E-state index in [0.29, 0.717) is 23.5 Å². The number of carbonyl (C=O) groups is 2. The number of hydrogen-bond acceptors (Lipinski definition) is 5. The van der Waals surface area contributed by atoms with Crippen LogP contribution in [0.15, 0.2) is 18.2 Å². The number of nitrogens with two attached hydrogens (primary N) is 1. The van der Waals surface area contributed by atoms with E-state index in [-0.39, 0.29) is 12.5 Å². The summed E-state index contributed by atoms with van der Waals surface area (Å²) < 4.78 is 4.67. The number of methoxy groups -OCH3 is 1. The van der Waals surface area contributed by atoms with Gasteiger partial charge in [0.05, 0.1) is 19.2 Å². The Morgan fingerprint density at radius 1 is 1.37 bits per heavy atom. The van der Waals surface area contributed by atoms with Crippen LogP contribution in [-0.4, -0.2) is 32.1 Å². The molecule has 0 aromatic heterocycles. The lowest BCUT2D eigenvalue weighted by atomic mass is 10.1. The van der Waals surface area contributed by atoms with Crippen molar-refractivity contribution in [2.75, 3.05) is 31.2 Å². The Hall–Kier alpha value is -2.24. The molecule has 0 aliphatic carbocycles. The molecule has 1 aromatic carbocycles. The summed E-state index contributed by atoms with van der Waals surface area (Å²) in [4.78, 5) is 23.1. The molecule has 6 nitrogen and oxygen atoms in total. The van der Waals surface area contributed by atoms with Gasteiger partial charge in [0.25, 0.3) is 0 Å². The Balaban J connectivity index is 2.72. The molecule has 0 spiro atoms. The fourth-order valence-corrected chi connectivity index (χ4v) is 1.50. The van der Waals surface area contributed by atoms with Gasteiger partial charge in [0, 0.05) is 17.9 Å². The molecule has 4 N–H and O–H groups in total. The first kappa shape index (κ1) is 14.8. The summed E-state index contributed by atoms with van der Waals surface area (Å²) in [7, 11) is 1.29. The van der Waals surface area contributed by atoms with E-state index in [1.54, 1.807) is 12.1 Å². The van der Waals surface area contributed by atoms with Gasteiger partial charge in [-0.15, -0.1) is 0 Å². The molecule has 1 amide bonds. The molecule has 104 valence electrons. The monoisotopic (exact) mass is 265 g/mol.